The minimum atomic E-state index is -1.30. The predicted octanol–water partition coefficient (Wildman–Crippen LogP) is 0.988. The van der Waals surface area contributed by atoms with Crippen molar-refractivity contribution in [2.75, 3.05) is 13.7 Å². The Bertz CT molecular complexity index is 437. The van der Waals surface area contributed by atoms with E-state index in [0.29, 0.717) is 10.9 Å². The second kappa shape index (κ2) is 6.58. The minimum absolute atomic E-state index is 0.320. The highest BCUT2D eigenvalue weighted by Crippen LogP contribution is 2.22. The number of carbonyl (C=O) groups excluding carboxylic acids is 1. The molecular formula is C10H13ClN2O4S. The van der Waals surface area contributed by atoms with Crippen LogP contribution in [0.5, 0.6) is 0 Å². The van der Waals surface area contributed by atoms with Crippen molar-refractivity contribution in [1.82, 2.24) is 10.2 Å². The van der Waals surface area contributed by atoms with E-state index in [9.17, 15) is 9.59 Å². The molecule has 0 aromatic carbocycles. The molecule has 1 heterocycles. The molecule has 0 unspecified atom stereocenters. The molecule has 0 aliphatic heterocycles. The summed E-state index contributed by atoms with van der Waals surface area (Å²) in [4.78, 5) is 24.5. The number of hydrogen-bond donors (Lipinski definition) is 3. The lowest BCUT2D eigenvalue weighted by atomic mass is 10.3. The number of halogens is 1. The molecule has 3 N–H and O–H groups in total. The maximum atomic E-state index is 11.6. The Hall–Kier alpha value is -1.31. The second-order valence-electron chi connectivity index (χ2n) is 3.58. The first-order chi connectivity index (χ1) is 8.43. The lowest BCUT2D eigenvalue weighted by molar-refractivity contribution is -0.140. The minimum Gasteiger partial charge on any atom is -0.480 e. The largest absolute Gasteiger partial charge is 0.480 e. The van der Waals surface area contributed by atoms with E-state index in [1.54, 1.807) is 12.1 Å². The van der Waals surface area contributed by atoms with Crippen molar-refractivity contribution in [1.29, 1.82) is 0 Å². The van der Waals surface area contributed by atoms with Gasteiger partial charge in [-0.3, -0.25) is 0 Å². The van der Waals surface area contributed by atoms with Crippen LogP contribution in [0, 0.1) is 0 Å². The number of thiophene rings is 1. The summed E-state index contributed by atoms with van der Waals surface area (Å²) in [5, 5.41) is 19.7. The Morgan fingerprint density at radius 3 is 2.67 bits per heavy atom. The Balaban J connectivity index is 2.53. The molecule has 0 radical (unpaired) electrons. The highest BCUT2D eigenvalue weighted by atomic mass is 35.5. The van der Waals surface area contributed by atoms with Crippen LogP contribution in [0.3, 0.4) is 0 Å². The van der Waals surface area contributed by atoms with Crippen molar-refractivity contribution in [3.63, 3.8) is 0 Å². The summed E-state index contributed by atoms with van der Waals surface area (Å²) in [5.41, 5.74) is 0. The van der Waals surface area contributed by atoms with Crippen LogP contribution in [-0.4, -0.2) is 46.8 Å². The molecule has 0 saturated carbocycles. The molecule has 6 nitrogen and oxygen atoms in total. The number of carboxylic acids is 1. The van der Waals surface area contributed by atoms with Gasteiger partial charge in [-0.1, -0.05) is 11.6 Å². The zero-order valence-corrected chi connectivity index (χ0v) is 11.2. The number of aliphatic hydroxyl groups is 1. The molecule has 1 atom stereocenters. The molecule has 0 aliphatic carbocycles. The number of urea groups is 1. The topological polar surface area (TPSA) is 89.9 Å². The van der Waals surface area contributed by atoms with Crippen molar-refractivity contribution in [3.8, 4) is 0 Å². The quantitative estimate of drug-likeness (QED) is 0.755. The Morgan fingerprint density at radius 2 is 2.22 bits per heavy atom. The molecule has 1 aromatic rings. The van der Waals surface area contributed by atoms with Gasteiger partial charge in [-0.25, -0.2) is 9.59 Å². The monoisotopic (exact) mass is 292 g/mol. The van der Waals surface area contributed by atoms with Crippen molar-refractivity contribution in [2.45, 2.75) is 12.6 Å². The highest BCUT2D eigenvalue weighted by Gasteiger charge is 2.20. The van der Waals surface area contributed by atoms with E-state index in [2.05, 4.69) is 5.32 Å². The molecule has 0 spiro atoms. The van der Waals surface area contributed by atoms with E-state index in [-0.39, 0.29) is 0 Å². The molecule has 1 aromatic heterocycles. The predicted molar refractivity (Wildman–Crippen MR) is 67.8 cm³/mol. The van der Waals surface area contributed by atoms with Gasteiger partial charge in [-0.15, -0.1) is 11.3 Å². The lowest BCUT2D eigenvalue weighted by Gasteiger charge is -2.19. The van der Waals surface area contributed by atoms with Crippen molar-refractivity contribution in [3.05, 3.63) is 21.3 Å². The molecule has 0 saturated heterocycles. The molecule has 100 valence electrons. The van der Waals surface area contributed by atoms with Gasteiger partial charge in [0.1, 0.15) is 0 Å². The fourth-order valence-corrected chi connectivity index (χ4v) is 2.33. The molecule has 0 bridgehead atoms. The van der Waals surface area contributed by atoms with E-state index in [4.69, 9.17) is 21.8 Å². The number of nitrogens with one attached hydrogen (secondary N) is 1. The third-order valence-electron chi connectivity index (χ3n) is 2.15. The third-order valence-corrected chi connectivity index (χ3v) is 3.36. The molecule has 1 rings (SSSR count). The number of amides is 2. The van der Waals surface area contributed by atoms with E-state index in [1.807, 2.05) is 0 Å². The Morgan fingerprint density at radius 1 is 1.56 bits per heavy atom. The van der Waals surface area contributed by atoms with E-state index in [0.717, 1.165) is 4.88 Å². The highest BCUT2D eigenvalue weighted by molar-refractivity contribution is 7.16. The molecule has 0 aliphatic rings. The fraction of sp³-hybridized carbons (Fsp3) is 0.400. The first kappa shape index (κ1) is 14.7. The fourth-order valence-electron chi connectivity index (χ4n) is 1.19. The summed E-state index contributed by atoms with van der Waals surface area (Å²) < 4.78 is 0.623. The summed E-state index contributed by atoms with van der Waals surface area (Å²) >= 11 is 7.10. The maximum Gasteiger partial charge on any atom is 0.328 e. The second-order valence-corrected chi connectivity index (χ2v) is 5.38. The average molecular weight is 293 g/mol. The number of aliphatic carboxylic acids is 1. The van der Waals surface area contributed by atoms with Crippen LogP contribution in [0.25, 0.3) is 0 Å². The summed E-state index contributed by atoms with van der Waals surface area (Å²) in [6.07, 6.45) is 0. The summed E-state index contributed by atoms with van der Waals surface area (Å²) in [6, 6.07) is 1.64. The summed E-state index contributed by atoms with van der Waals surface area (Å²) in [7, 11) is 1.53. The number of hydrogen-bond acceptors (Lipinski definition) is 4. The zero-order valence-electron chi connectivity index (χ0n) is 9.59. The zero-order chi connectivity index (χ0) is 13.7. The van der Waals surface area contributed by atoms with E-state index in [1.165, 1.54) is 23.3 Å². The van der Waals surface area contributed by atoms with Crippen LogP contribution in [0.2, 0.25) is 4.34 Å². The SMILES string of the molecule is CN(Cc1ccc(Cl)s1)C(=O)N[C@H](CO)C(=O)O. The van der Waals surface area contributed by atoms with Gasteiger partial charge in [0.2, 0.25) is 0 Å². The van der Waals surface area contributed by atoms with Gasteiger partial charge >= 0.3 is 12.0 Å². The number of nitrogens with zero attached hydrogens (tertiary/aromatic N) is 1. The van der Waals surface area contributed by atoms with Crippen LogP contribution in [0.4, 0.5) is 4.79 Å². The summed E-state index contributed by atoms with van der Waals surface area (Å²) in [6.45, 7) is -0.333. The molecule has 2 amide bonds. The normalized spacial score (nSPS) is 11.9. The Labute approximate surface area is 113 Å². The summed E-state index contributed by atoms with van der Waals surface area (Å²) in [5.74, 6) is -1.28. The van der Waals surface area contributed by atoms with E-state index < -0.39 is 24.6 Å². The van der Waals surface area contributed by atoms with Crippen molar-refractivity contribution < 1.29 is 19.8 Å². The van der Waals surface area contributed by atoms with Crippen LogP contribution in [0.1, 0.15) is 4.88 Å². The van der Waals surface area contributed by atoms with Crippen LogP contribution in [-0.2, 0) is 11.3 Å². The van der Waals surface area contributed by atoms with Gasteiger partial charge in [0, 0.05) is 11.9 Å². The van der Waals surface area contributed by atoms with Gasteiger partial charge in [0.25, 0.3) is 0 Å². The van der Waals surface area contributed by atoms with Gasteiger partial charge < -0.3 is 20.4 Å². The number of rotatable bonds is 5. The molecule has 0 fully saturated rings. The number of carbonyl (C=O) groups is 2. The van der Waals surface area contributed by atoms with Crippen LogP contribution < -0.4 is 5.32 Å². The molecular weight excluding hydrogens is 280 g/mol. The number of carboxylic acid groups (broad SMARTS) is 1. The first-order valence-corrected chi connectivity index (χ1v) is 6.23. The van der Waals surface area contributed by atoms with Crippen LogP contribution >= 0.6 is 22.9 Å². The molecule has 18 heavy (non-hydrogen) atoms. The van der Waals surface area contributed by atoms with Gasteiger partial charge in [0.05, 0.1) is 17.5 Å². The van der Waals surface area contributed by atoms with Crippen molar-refractivity contribution >= 4 is 34.9 Å². The number of aliphatic hydroxyl groups excluding tert-OH is 1. The maximum absolute atomic E-state index is 11.6. The van der Waals surface area contributed by atoms with Gasteiger partial charge in [0.15, 0.2) is 6.04 Å². The Kier molecular flexibility index (Phi) is 5.39. The average Bonchev–Trinajstić information content (AvgIpc) is 2.70. The smallest absolute Gasteiger partial charge is 0.328 e. The standard InChI is InChI=1S/C10H13ClN2O4S/c1-13(4-6-2-3-8(11)18-6)10(17)12-7(5-14)9(15)16/h2-3,7,14H,4-5H2,1H3,(H,12,17)(H,15,16)/t7-/m1/s1. The van der Waals surface area contributed by atoms with Gasteiger partial charge in [-0.2, -0.15) is 0 Å². The third kappa shape index (κ3) is 4.17. The molecule has 8 heteroatoms. The van der Waals surface area contributed by atoms with Crippen molar-refractivity contribution in [2.24, 2.45) is 0 Å². The van der Waals surface area contributed by atoms with Crippen LogP contribution in [0.15, 0.2) is 12.1 Å². The first-order valence-electron chi connectivity index (χ1n) is 5.03. The van der Waals surface area contributed by atoms with Gasteiger partial charge in [-0.05, 0) is 12.1 Å². The lowest BCUT2D eigenvalue weighted by Crippen LogP contribution is -2.48. The van der Waals surface area contributed by atoms with E-state index >= 15 is 0 Å².